The van der Waals surface area contributed by atoms with Gasteiger partial charge in [-0.2, -0.15) is 5.10 Å². The van der Waals surface area contributed by atoms with Crippen molar-refractivity contribution in [3.8, 4) is 0 Å². The summed E-state index contributed by atoms with van der Waals surface area (Å²) in [6.45, 7) is 6.51. The Morgan fingerprint density at radius 3 is 2.65 bits per heavy atom. The first kappa shape index (κ1) is 14.2. The Morgan fingerprint density at radius 1 is 1.41 bits per heavy atom. The van der Waals surface area contributed by atoms with Crippen LogP contribution in [0.3, 0.4) is 0 Å². The van der Waals surface area contributed by atoms with Crippen LogP contribution in [0, 0.1) is 12.8 Å². The lowest BCUT2D eigenvalue weighted by Gasteiger charge is -2.06. The minimum absolute atomic E-state index is 0.237. The molecule has 0 radical (unpaired) electrons. The quantitative estimate of drug-likeness (QED) is 0.733. The van der Waals surface area contributed by atoms with Gasteiger partial charge in [-0.15, -0.1) is 0 Å². The number of unbranched alkanes of at least 4 members (excludes halogenated alkanes) is 1. The van der Waals surface area contributed by atoms with Crippen molar-refractivity contribution in [3.05, 3.63) is 11.9 Å². The molecule has 0 amide bonds. The van der Waals surface area contributed by atoms with Crippen LogP contribution >= 0.6 is 0 Å². The van der Waals surface area contributed by atoms with Crippen LogP contribution in [-0.4, -0.2) is 25.2 Å². The largest absolute Gasteiger partial charge is 0.281 e. The van der Waals surface area contributed by atoms with Crippen molar-refractivity contribution in [2.75, 3.05) is 6.54 Å². The molecule has 98 valence electrons. The number of hydrogen-bond donors (Lipinski definition) is 2. The molecule has 0 fully saturated rings. The number of nitrogens with one attached hydrogen (secondary N) is 2. The van der Waals surface area contributed by atoms with E-state index in [4.69, 9.17) is 0 Å². The van der Waals surface area contributed by atoms with E-state index in [-0.39, 0.29) is 4.90 Å². The van der Waals surface area contributed by atoms with Gasteiger partial charge < -0.3 is 0 Å². The maximum atomic E-state index is 11.8. The smallest absolute Gasteiger partial charge is 0.243 e. The fourth-order valence-electron chi connectivity index (χ4n) is 1.57. The van der Waals surface area contributed by atoms with Gasteiger partial charge in [0.05, 0.1) is 11.9 Å². The molecule has 0 spiro atoms. The van der Waals surface area contributed by atoms with Crippen molar-refractivity contribution in [1.29, 1.82) is 0 Å². The van der Waals surface area contributed by atoms with Gasteiger partial charge in [0.15, 0.2) is 0 Å². The monoisotopic (exact) mass is 259 g/mol. The van der Waals surface area contributed by atoms with Gasteiger partial charge in [0.25, 0.3) is 0 Å². The normalized spacial score (nSPS) is 12.2. The summed E-state index contributed by atoms with van der Waals surface area (Å²) < 4.78 is 26.3. The average Bonchev–Trinajstić information content (AvgIpc) is 2.64. The molecule has 0 aliphatic carbocycles. The molecule has 0 saturated heterocycles. The molecule has 0 unspecified atom stereocenters. The van der Waals surface area contributed by atoms with E-state index in [2.05, 4.69) is 28.8 Å². The summed E-state index contributed by atoms with van der Waals surface area (Å²) in [6, 6.07) is 0. The highest BCUT2D eigenvalue weighted by atomic mass is 32.2. The lowest BCUT2D eigenvalue weighted by Crippen LogP contribution is -2.25. The van der Waals surface area contributed by atoms with Crippen LogP contribution in [0.25, 0.3) is 0 Å². The summed E-state index contributed by atoms with van der Waals surface area (Å²) in [5, 5.41) is 6.33. The topological polar surface area (TPSA) is 74.8 Å². The first-order chi connectivity index (χ1) is 7.93. The Kier molecular flexibility index (Phi) is 5.14. The summed E-state index contributed by atoms with van der Waals surface area (Å²) in [4.78, 5) is 0.237. The molecule has 0 aliphatic rings. The zero-order valence-corrected chi connectivity index (χ0v) is 11.5. The molecule has 0 aromatic carbocycles. The summed E-state index contributed by atoms with van der Waals surface area (Å²) in [5.74, 6) is 0.669. The third kappa shape index (κ3) is 4.47. The first-order valence-electron chi connectivity index (χ1n) is 5.93. The van der Waals surface area contributed by atoms with Crippen molar-refractivity contribution < 1.29 is 8.42 Å². The average molecular weight is 259 g/mol. The van der Waals surface area contributed by atoms with Crippen LogP contribution in [-0.2, 0) is 10.0 Å². The number of rotatable bonds is 7. The second-order valence-electron chi connectivity index (χ2n) is 4.65. The van der Waals surface area contributed by atoms with Crippen molar-refractivity contribution >= 4 is 10.0 Å². The number of aromatic amines is 1. The van der Waals surface area contributed by atoms with E-state index >= 15 is 0 Å². The van der Waals surface area contributed by atoms with Crippen LogP contribution in [0.5, 0.6) is 0 Å². The zero-order valence-electron chi connectivity index (χ0n) is 10.7. The maximum Gasteiger partial charge on any atom is 0.243 e. The number of hydrogen-bond acceptors (Lipinski definition) is 3. The van der Waals surface area contributed by atoms with Crippen LogP contribution in [0.15, 0.2) is 11.1 Å². The van der Waals surface area contributed by atoms with Gasteiger partial charge in [0.1, 0.15) is 4.90 Å². The van der Waals surface area contributed by atoms with E-state index < -0.39 is 10.0 Å². The molecule has 5 nitrogen and oxygen atoms in total. The van der Waals surface area contributed by atoms with Crippen molar-refractivity contribution in [3.63, 3.8) is 0 Å². The van der Waals surface area contributed by atoms with Gasteiger partial charge in [-0.25, -0.2) is 13.1 Å². The van der Waals surface area contributed by atoms with E-state index in [9.17, 15) is 8.42 Å². The van der Waals surface area contributed by atoms with Gasteiger partial charge in [-0.1, -0.05) is 26.7 Å². The van der Waals surface area contributed by atoms with Gasteiger partial charge in [-0.3, -0.25) is 5.10 Å². The number of aromatic nitrogens is 2. The highest BCUT2D eigenvalue weighted by molar-refractivity contribution is 7.89. The fraction of sp³-hybridized carbons (Fsp3) is 0.727. The number of sulfonamides is 1. The lowest BCUT2D eigenvalue weighted by molar-refractivity contribution is 0.530. The molecule has 1 aromatic rings. The summed E-state index contributed by atoms with van der Waals surface area (Å²) in [5.41, 5.74) is 0.569. The lowest BCUT2D eigenvalue weighted by atomic mass is 10.1. The molecule has 2 N–H and O–H groups in total. The Balaban J connectivity index is 2.39. The van der Waals surface area contributed by atoms with Crippen LogP contribution in [0.4, 0.5) is 0 Å². The molecular formula is C11H21N3O2S. The SMILES string of the molecule is Cc1[nH]ncc1S(=O)(=O)NCCCCC(C)C. The van der Waals surface area contributed by atoms with E-state index in [1.165, 1.54) is 6.20 Å². The van der Waals surface area contributed by atoms with E-state index in [1.54, 1.807) is 6.92 Å². The summed E-state index contributed by atoms with van der Waals surface area (Å²) in [6.07, 6.45) is 4.39. The van der Waals surface area contributed by atoms with E-state index in [1.807, 2.05) is 0 Å². The van der Waals surface area contributed by atoms with Crippen molar-refractivity contribution in [2.45, 2.75) is 44.9 Å². The molecule has 0 saturated carbocycles. The molecule has 0 atom stereocenters. The van der Waals surface area contributed by atoms with Crippen molar-refractivity contribution in [2.24, 2.45) is 5.92 Å². The fourth-order valence-corrected chi connectivity index (χ4v) is 2.78. The first-order valence-corrected chi connectivity index (χ1v) is 7.41. The van der Waals surface area contributed by atoms with E-state index in [0.29, 0.717) is 18.2 Å². The molecule has 0 bridgehead atoms. The predicted molar refractivity (Wildman–Crippen MR) is 67.2 cm³/mol. The minimum atomic E-state index is -3.39. The zero-order chi connectivity index (χ0) is 12.9. The molecule has 1 heterocycles. The molecule has 0 aliphatic heterocycles. The number of H-pyrrole nitrogens is 1. The van der Waals surface area contributed by atoms with Gasteiger partial charge in [0.2, 0.25) is 10.0 Å². The highest BCUT2D eigenvalue weighted by Crippen LogP contribution is 2.11. The third-order valence-corrected chi connectivity index (χ3v) is 4.15. The predicted octanol–water partition coefficient (Wildman–Crippen LogP) is 1.82. The Morgan fingerprint density at radius 2 is 2.12 bits per heavy atom. The molecular weight excluding hydrogens is 238 g/mol. The number of aryl methyl sites for hydroxylation is 1. The van der Waals surface area contributed by atoms with Gasteiger partial charge in [-0.05, 0) is 19.3 Å². The minimum Gasteiger partial charge on any atom is -0.281 e. The second-order valence-corrected chi connectivity index (χ2v) is 6.38. The Hall–Kier alpha value is -0.880. The highest BCUT2D eigenvalue weighted by Gasteiger charge is 2.17. The van der Waals surface area contributed by atoms with Gasteiger partial charge >= 0.3 is 0 Å². The molecule has 6 heteroatoms. The molecule has 1 aromatic heterocycles. The van der Waals surface area contributed by atoms with Gasteiger partial charge in [0, 0.05) is 6.54 Å². The standard InChI is InChI=1S/C11H21N3O2S/c1-9(2)6-4-5-7-13-17(15,16)11-8-12-14-10(11)3/h8-9,13H,4-7H2,1-3H3,(H,12,14). The molecule has 1 rings (SSSR count). The van der Waals surface area contributed by atoms with Crippen LogP contribution in [0.2, 0.25) is 0 Å². The van der Waals surface area contributed by atoms with Crippen LogP contribution in [0.1, 0.15) is 38.8 Å². The summed E-state index contributed by atoms with van der Waals surface area (Å²) in [7, 11) is -3.39. The van der Waals surface area contributed by atoms with Crippen LogP contribution < -0.4 is 4.72 Å². The van der Waals surface area contributed by atoms with E-state index in [0.717, 1.165) is 19.3 Å². The number of nitrogens with zero attached hydrogens (tertiary/aromatic N) is 1. The van der Waals surface area contributed by atoms with Crippen molar-refractivity contribution in [1.82, 2.24) is 14.9 Å². The maximum absolute atomic E-state index is 11.8. The Labute approximate surface area is 103 Å². The third-order valence-electron chi connectivity index (χ3n) is 2.57. The summed E-state index contributed by atoms with van der Waals surface area (Å²) >= 11 is 0. The molecule has 17 heavy (non-hydrogen) atoms. The second kappa shape index (κ2) is 6.16. The Bertz CT molecular complexity index is 437.